The molecule has 1 aromatic heterocycles. The first-order chi connectivity index (χ1) is 10.9. The number of benzene rings is 1. The van der Waals surface area contributed by atoms with Crippen molar-refractivity contribution >= 4 is 26.5 Å². The first kappa shape index (κ1) is 14.9. The first-order valence-electron chi connectivity index (χ1n) is 8.15. The van der Waals surface area contributed by atoms with E-state index in [0.29, 0.717) is 31.2 Å². The highest BCUT2D eigenvalue weighted by atomic mass is 32.2. The highest BCUT2D eigenvalue weighted by Gasteiger charge is 2.46. The Kier molecular flexibility index (Phi) is 3.34. The number of ketones is 1. The van der Waals surface area contributed by atoms with Crippen molar-refractivity contribution in [1.82, 2.24) is 9.78 Å². The fraction of sp³-hybridized carbons (Fsp3) is 0.529. The molecule has 0 amide bonds. The Hall–Kier alpha value is -1.69. The van der Waals surface area contributed by atoms with E-state index in [1.54, 1.807) is 4.68 Å². The standard InChI is InChI=1S/C17H20N2O3S/c1-19-10-12-6-5-11(9-16(12)18-19)17(20)13-7-14-3-2-4-15(8-13)23(14,21)22/h5-6,9-10,13-15H,2-4,7-8H2,1H3. The number of rotatable bonds is 2. The van der Waals surface area contributed by atoms with Gasteiger partial charge < -0.3 is 0 Å². The van der Waals surface area contributed by atoms with Crippen molar-refractivity contribution in [2.75, 3.05) is 0 Å². The summed E-state index contributed by atoms with van der Waals surface area (Å²) in [7, 11) is -1.16. The number of carbonyl (C=O) groups is 1. The molecule has 3 heterocycles. The molecule has 2 aliphatic rings. The van der Waals surface area contributed by atoms with Crippen molar-refractivity contribution in [3.63, 3.8) is 0 Å². The Bertz CT molecular complexity index is 864. The lowest BCUT2D eigenvalue weighted by Gasteiger charge is -2.38. The number of sulfone groups is 1. The summed E-state index contributed by atoms with van der Waals surface area (Å²) in [5.41, 5.74) is 1.46. The van der Waals surface area contributed by atoms with E-state index < -0.39 is 9.84 Å². The molecule has 2 saturated heterocycles. The molecule has 0 radical (unpaired) electrons. The Morgan fingerprint density at radius 3 is 2.61 bits per heavy atom. The van der Waals surface area contributed by atoms with Crippen LogP contribution in [0.5, 0.6) is 0 Å². The minimum absolute atomic E-state index is 0.0735. The fourth-order valence-corrected chi connectivity index (χ4v) is 6.69. The van der Waals surface area contributed by atoms with Crippen LogP contribution in [0.15, 0.2) is 24.4 Å². The van der Waals surface area contributed by atoms with Gasteiger partial charge in [-0.1, -0.05) is 18.6 Å². The number of carbonyl (C=O) groups excluding carboxylic acids is 1. The zero-order chi connectivity index (χ0) is 16.2. The molecule has 6 heteroatoms. The van der Waals surface area contributed by atoms with Crippen LogP contribution >= 0.6 is 0 Å². The van der Waals surface area contributed by atoms with Crippen LogP contribution in [0.3, 0.4) is 0 Å². The average molecular weight is 332 g/mol. The van der Waals surface area contributed by atoms with Gasteiger partial charge in [0.15, 0.2) is 15.6 Å². The molecule has 0 aliphatic carbocycles. The Morgan fingerprint density at radius 2 is 1.91 bits per heavy atom. The van der Waals surface area contributed by atoms with E-state index in [4.69, 9.17) is 0 Å². The van der Waals surface area contributed by atoms with Crippen LogP contribution in [0.2, 0.25) is 0 Å². The predicted octanol–water partition coefficient (Wildman–Crippen LogP) is 2.50. The highest BCUT2D eigenvalue weighted by molar-refractivity contribution is 7.92. The van der Waals surface area contributed by atoms with Crippen LogP contribution in [-0.4, -0.2) is 34.5 Å². The number of Topliss-reactive ketones (excluding diaryl/α,β-unsaturated/α-hetero) is 1. The van der Waals surface area contributed by atoms with Gasteiger partial charge in [0, 0.05) is 30.1 Å². The summed E-state index contributed by atoms with van der Waals surface area (Å²) in [5, 5.41) is 4.72. The monoisotopic (exact) mass is 332 g/mol. The molecule has 2 bridgehead atoms. The molecule has 122 valence electrons. The van der Waals surface area contributed by atoms with Gasteiger partial charge in [-0.05, 0) is 31.7 Å². The lowest BCUT2D eigenvalue weighted by molar-refractivity contribution is 0.0894. The van der Waals surface area contributed by atoms with Crippen LogP contribution in [-0.2, 0) is 16.9 Å². The van der Waals surface area contributed by atoms with E-state index in [9.17, 15) is 13.2 Å². The van der Waals surface area contributed by atoms with Gasteiger partial charge in [-0.25, -0.2) is 8.42 Å². The lowest BCUT2D eigenvalue weighted by atomic mass is 9.84. The normalized spacial score (nSPS) is 29.5. The van der Waals surface area contributed by atoms with Crippen molar-refractivity contribution in [3.8, 4) is 0 Å². The molecule has 0 N–H and O–H groups in total. The molecule has 2 fully saturated rings. The first-order valence-corrected chi connectivity index (χ1v) is 9.76. The van der Waals surface area contributed by atoms with E-state index in [1.807, 2.05) is 31.4 Å². The zero-order valence-electron chi connectivity index (χ0n) is 13.1. The molecule has 4 rings (SSSR count). The molecule has 2 aromatic rings. The topological polar surface area (TPSA) is 69.0 Å². The number of aromatic nitrogens is 2. The second-order valence-electron chi connectivity index (χ2n) is 6.87. The quantitative estimate of drug-likeness (QED) is 0.792. The third-order valence-corrected chi connectivity index (χ3v) is 8.07. The maximum atomic E-state index is 12.9. The van der Waals surface area contributed by atoms with Crippen molar-refractivity contribution in [1.29, 1.82) is 0 Å². The number of fused-ring (bicyclic) bond motifs is 3. The minimum Gasteiger partial charge on any atom is -0.294 e. The van der Waals surface area contributed by atoms with Gasteiger partial charge in [-0.2, -0.15) is 5.10 Å². The molecule has 23 heavy (non-hydrogen) atoms. The minimum atomic E-state index is -3.01. The third-order valence-electron chi connectivity index (χ3n) is 5.35. The van der Waals surface area contributed by atoms with E-state index >= 15 is 0 Å². The van der Waals surface area contributed by atoms with Crippen LogP contribution in [0, 0.1) is 5.92 Å². The van der Waals surface area contributed by atoms with Crippen molar-refractivity contribution in [2.45, 2.75) is 42.6 Å². The van der Waals surface area contributed by atoms with E-state index in [2.05, 4.69) is 5.10 Å². The molecule has 2 aliphatic heterocycles. The summed E-state index contributed by atoms with van der Waals surface area (Å²) in [6, 6.07) is 5.58. The molecule has 5 nitrogen and oxygen atoms in total. The van der Waals surface area contributed by atoms with E-state index in [0.717, 1.165) is 17.3 Å². The van der Waals surface area contributed by atoms with Crippen molar-refractivity contribution in [2.24, 2.45) is 13.0 Å². The maximum absolute atomic E-state index is 12.9. The second kappa shape index (κ2) is 5.16. The second-order valence-corrected chi connectivity index (χ2v) is 9.38. The summed E-state index contributed by atoms with van der Waals surface area (Å²) in [6.45, 7) is 0. The SMILES string of the molecule is Cn1cc2ccc(C(=O)C3CC4CCCC(C3)S4(=O)=O)cc2n1. The van der Waals surface area contributed by atoms with Gasteiger partial charge in [0.05, 0.1) is 16.0 Å². The Labute approximate surface area is 135 Å². The van der Waals surface area contributed by atoms with E-state index in [-0.39, 0.29) is 22.2 Å². The maximum Gasteiger partial charge on any atom is 0.166 e. The molecule has 2 atom stereocenters. The number of aryl methyl sites for hydroxylation is 1. The van der Waals surface area contributed by atoms with Gasteiger partial charge in [0.2, 0.25) is 0 Å². The Morgan fingerprint density at radius 1 is 1.22 bits per heavy atom. The molecule has 2 unspecified atom stereocenters. The predicted molar refractivity (Wildman–Crippen MR) is 88.1 cm³/mol. The zero-order valence-corrected chi connectivity index (χ0v) is 13.9. The van der Waals surface area contributed by atoms with Crippen LogP contribution in [0.25, 0.3) is 10.9 Å². The summed E-state index contributed by atoms with van der Waals surface area (Å²) in [6.07, 6.45) is 5.27. The third kappa shape index (κ3) is 2.40. The summed E-state index contributed by atoms with van der Waals surface area (Å²) in [5.74, 6) is -0.0978. The summed E-state index contributed by atoms with van der Waals surface area (Å²) in [4.78, 5) is 12.9. The lowest BCUT2D eigenvalue weighted by Crippen LogP contribution is -2.45. The van der Waals surface area contributed by atoms with Gasteiger partial charge in [0.1, 0.15) is 0 Å². The molecular formula is C17H20N2O3S. The van der Waals surface area contributed by atoms with Gasteiger partial charge in [-0.15, -0.1) is 0 Å². The smallest absolute Gasteiger partial charge is 0.166 e. The number of hydrogen-bond acceptors (Lipinski definition) is 4. The highest BCUT2D eigenvalue weighted by Crippen LogP contribution is 2.40. The van der Waals surface area contributed by atoms with Gasteiger partial charge in [-0.3, -0.25) is 9.48 Å². The summed E-state index contributed by atoms with van der Waals surface area (Å²) >= 11 is 0. The molecular weight excluding hydrogens is 312 g/mol. The largest absolute Gasteiger partial charge is 0.294 e. The van der Waals surface area contributed by atoms with Crippen molar-refractivity contribution in [3.05, 3.63) is 30.0 Å². The fourth-order valence-electron chi connectivity index (χ4n) is 4.15. The number of hydrogen-bond donors (Lipinski definition) is 0. The van der Waals surface area contributed by atoms with E-state index in [1.165, 1.54) is 0 Å². The number of nitrogens with zero attached hydrogens (tertiary/aromatic N) is 2. The van der Waals surface area contributed by atoms with Crippen LogP contribution in [0.4, 0.5) is 0 Å². The van der Waals surface area contributed by atoms with Gasteiger partial charge in [0.25, 0.3) is 0 Å². The Balaban J connectivity index is 1.63. The van der Waals surface area contributed by atoms with Crippen molar-refractivity contribution < 1.29 is 13.2 Å². The summed E-state index contributed by atoms with van der Waals surface area (Å²) < 4.78 is 26.4. The molecule has 0 spiro atoms. The molecule has 1 aromatic carbocycles. The van der Waals surface area contributed by atoms with Crippen LogP contribution < -0.4 is 0 Å². The van der Waals surface area contributed by atoms with Crippen LogP contribution in [0.1, 0.15) is 42.5 Å². The molecule has 0 saturated carbocycles. The van der Waals surface area contributed by atoms with Gasteiger partial charge >= 0.3 is 0 Å². The average Bonchev–Trinajstić information content (AvgIpc) is 2.84.